The van der Waals surface area contributed by atoms with Gasteiger partial charge in [-0.25, -0.2) is 14.6 Å². The first-order valence-electron chi connectivity index (χ1n) is 13.2. The highest BCUT2D eigenvalue weighted by atomic mass is 16.1. The molecule has 0 saturated carbocycles. The minimum Gasteiger partial charge on any atom is -0.398 e. The molecule has 1 saturated heterocycles. The summed E-state index contributed by atoms with van der Waals surface area (Å²) in [6, 6.07) is 15.7. The molecule has 0 spiro atoms. The molecule has 4 N–H and O–H groups in total. The third kappa shape index (κ3) is 4.21. The number of aromatic nitrogens is 6. The van der Waals surface area contributed by atoms with E-state index in [4.69, 9.17) is 10.7 Å². The van der Waals surface area contributed by atoms with Crippen LogP contribution in [0.2, 0.25) is 0 Å². The standard InChI is InChI=1S/C30H28N8O/c1-18-34-25-7-6-22(13-27(25)35-18)38-17-21(16-33-38)30(39)28-12-20-11-24(31)23(14-26(20)36-28)19-5-8-29(32-15-19)37-9-3-2-4-10-37/h5-8,11-17,36H,2-4,9-10,31H2,1H3,(H,34,35). The third-order valence-electron chi connectivity index (χ3n) is 7.47. The highest BCUT2D eigenvalue weighted by molar-refractivity contribution is 6.10. The minimum absolute atomic E-state index is 0.137. The lowest BCUT2D eigenvalue weighted by atomic mass is 10.0. The molecule has 1 aliphatic heterocycles. The molecule has 39 heavy (non-hydrogen) atoms. The van der Waals surface area contributed by atoms with Gasteiger partial charge in [0.25, 0.3) is 0 Å². The normalized spacial score (nSPS) is 13.9. The number of fused-ring (bicyclic) bond motifs is 2. The van der Waals surface area contributed by atoms with Gasteiger partial charge in [-0.05, 0) is 74.7 Å². The Morgan fingerprint density at radius 3 is 2.64 bits per heavy atom. The molecule has 9 nitrogen and oxygen atoms in total. The lowest BCUT2D eigenvalue weighted by Crippen LogP contribution is -2.29. The summed E-state index contributed by atoms with van der Waals surface area (Å²) in [5, 5.41) is 5.30. The van der Waals surface area contributed by atoms with Gasteiger partial charge in [0.05, 0.1) is 34.2 Å². The molecule has 0 radical (unpaired) electrons. The Morgan fingerprint density at radius 2 is 1.82 bits per heavy atom. The Labute approximate surface area is 224 Å². The van der Waals surface area contributed by atoms with Crippen molar-refractivity contribution in [2.24, 2.45) is 0 Å². The highest BCUT2D eigenvalue weighted by Crippen LogP contribution is 2.32. The SMILES string of the molecule is Cc1nc2cc(-n3cc(C(=O)c4cc5cc(N)c(-c6ccc(N7CCCCC7)nc6)cc5[nH]4)cn3)ccc2[nH]1. The Morgan fingerprint density at radius 1 is 0.949 bits per heavy atom. The van der Waals surface area contributed by atoms with Crippen LogP contribution >= 0.6 is 0 Å². The number of nitrogen functional groups attached to an aromatic ring is 1. The zero-order valence-electron chi connectivity index (χ0n) is 21.6. The van der Waals surface area contributed by atoms with Crippen LogP contribution in [0.15, 0.2) is 67.1 Å². The molecule has 4 aromatic heterocycles. The van der Waals surface area contributed by atoms with E-state index in [2.05, 4.69) is 37.1 Å². The Kier molecular flexibility index (Phi) is 5.43. The zero-order valence-corrected chi connectivity index (χ0v) is 21.6. The van der Waals surface area contributed by atoms with E-state index in [1.165, 1.54) is 19.3 Å². The number of hydrogen-bond acceptors (Lipinski definition) is 6. The summed E-state index contributed by atoms with van der Waals surface area (Å²) in [4.78, 5) is 31.4. The van der Waals surface area contributed by atoms with Crippen LogP contribution in [0.25, 0.3) is 38.8 Å². The number of ketones is 1. The summed E-state index contributed by atoms with van der Waals surface area (Å²) in [6.07, 6.45) is 8.92. The van der Waals surface area contributed by atoms with Crippen LogP contribution in [0, 0.1) is 6.92 Å². The summed E-state index contributed by atoms with van der Waals surface area (Å²) in [6.45, 7) is 4.03. The maximum absolute atomic E-state index is 13.4. The maximum atomic E-state index is 13.4. The fourth-order valence-corrected chi connectivity index (χ4v) is 5.43. The molecule has 194 valence electrons. The molecule has 6 aromatic rings. The first kappa shape index (κ1) is 23.2. The molecule has 0 aliphatic carbocycles. The van der Waals surface area contributed by atoms with Crippen molar-refractivity contribution in [3.63, 3.8) is 0 Å². The van der Waals surface area contributed by atoms with Crippen molar-refractivity contribution in [1.29, 1.82) is 0 Å². The second kappa shape index (κ2) is 9.13. The summed E-state index contributed by atoms with van der Waals surface area (Å²) in [5.41, 5.74) is 13.4. The second-order valence-corrected chi connectivity index (χ2v) is 10.2. The number of carbonyl (C=O) groups excluding carboxylic acids is 1. The zero-order chi connectivity index (χ0) is 26.5. The number of pyridine rings is 1. The number of piperidine rings is 1. The minimum atomic E-state index is -0.137. The van der Waals surface area contributed by atoms with Gasteiger partial charge in [0.2, 0.25) is 5.78 Å². The molecule has 1 aliphatic rings. The van der Waals surface area contributed by atoms with E-state index in [-0.39, 0.29) is 5.78 Å². The fraction of sp³-hybridized carbons (Fsp3) is 0.200. The first-order chi connectivity index (χ1) is 19.0. The second-order valence-electron chi connectivity index (χ2n) is 10.2. The topological polar surface area (TPSA) is 122 Å². The quantitative estimate of drug-likeness (QED) is 0.208. The summed E-state index contributed by atoms with van der Waals surface area (Å²) >= 11 is 0. The molecule has 2 aromatic carbocycles. The van der Waals surface area contributed by atoms with Gasteiger partial charge in [-0.2, -0.15) is 5.10 Å². The van der Waals surface area contributed by atoms with Crippen molar-refractivity contribution < 1.29 is 4.79 Å². The smallest absolute Gasteiger partial charge is 0.212 e. The molecule has 7 rings (SSSR count). The van der Waals surface area contributed by atoms with Gasteiger partial charge >= 0.3 is 0 Å². The van der Waals surface area contributed by atoms with E-state index in [9.17, 15) is 4.79 Å². The molecule has 0 bridgehead atoms. The number of rotatable bonds is 5. The molecule has 1 fully saturated rings. The van der Waals surface area contributed by atoms with Gasteiger partial charge in [0.15, 0.2) is 0 Å². The van der Waals surface area contributed by atoms with Crippen LogP contribution in [-0.2, 0) is 0 Å². The number of hydrogen-bond donors (Lipinski definition) is 3. The number of aromatic amines is 2. The number of nitrogens with two attached hydrogens (primary N) is 1. The molecular formula is C30H28N8O. The summed E-state index contributed by atoms with van der Waals surface area (Å²) in [7, 11) is 0. The molecule has 9 heteroatoms. The van der Waals surface area contributed by atoms with Crippen molar-refractivity contribution >= 4 is 39.2 Å². The van der Waals surface area contributed by atoms with Gasteiger partial charge in [0, 0.05) is 53.2 Å². The molecule has 0 amide bonds. The van der Waals surface area contributed by atoms with Gasteiger partial charge in [0.1, 0.15) is 11.6 Å². The van der Waals surface area contributed by atoms with Crippen LogP contribution < -0.4 is 10.6 Å². The molecule has 5 heterocycles. The monoisotopic (exact) mass is 516 g/mol. The average Bonchev–Trinajstić information content (AvgIpc) is 3.70. The molecule has 0 atom stereocenters. The lowest BCUT2D eigenvalue weighted by Gasteiger charge is -2.27. The Hall–Kier alpha value is -4.92. The highest BCUT2D eigenvalue weighted by Gasteiger charge is 2.17. The number of anilines is 2. The van der Waals surface area contributed by atoms with E-state index >= 15 is 0 Å². The third-order valence-corrected chi connectivity index (χ3v) is 7.47. The predicted octanol–water partition coefficient (Wildman–Crippen LogP) is 5.40. The van der Waals surface area contributed by atoms with E-state index in [0.29, 0.717) is 16.9 Å². The van der Waals surface area contributed by atoms with E-state index in [0.717, 1.165) is 63.5 Å². The Bertz CT molecular complexity index is 1840. The van der Waals surface area contributed by atoms with E-state index < -0.39 is 0 Å². The van der Waals surface area contributed by atoms with Gasteiger partial charge in [-0.15, -0.1) is 0 Å². The number of imidazole rings is 1. The Balaban J connectivity index is 1.15. The number of H-pyrrole nitrogens is 2. The van der Waals surface area contributed by atoms with E-state index in [1.54, 1.807) is 17.1 Å². The van der Waals surface area contributed by atoms with Crippen molar-refractivity contribution in [2.45, 2.75) is 26.2 Å². The number of aryl methyl sites for hydroxylation is 1. The van der Waals surface area contributed by atoms with Crippen LogP contribution in [0.1, 0.15) is 41.1 Å². The average molecular weight is 517 g/mol. The van der Waals surface area contributed by atoms with Gasteiger partial charge in [-0.3, -0.25) is 4.79 Å². The number of carbonyl (C=O) groups is 1. The summed E-state index contributed by atoms with van der Waals surface area (Å²) < 4.78 is 1.69. The van der Waals surface area contributed by atoms with Crippen molar-refractivity contribution in [3.8, 4) is 16.8 Å². The maximum Gasteiger partial charge on any atom is 0.212 e. The van der Waals surface area contributed by atoms with Crippen LogP contribution in [0.4, 0.5) is 11.5 Å². The van der Waals surface area contributed by atoms with Crippen molar-refractivity contribution in [2.75, 3.05) is 23.7 Å². The van der Waals surface area contributed by atoms with Crippen LogP contribution in [-0.4, -0.2) is 48.6 Å². The van der Waals surface area contributed by atoms with E-state index in [1.807, 2.05) is 49.5 Å². The molecule has 0 unspecified atom stereocenters. The largest absolute Gasteiger partial charge is 0.398 e. The number of nitrogens with one attached hydrogen (secondary N) is 2. The number of benzene rings is 2. The fourth-order valence-electron chi connectivity index (χ4n) is 5.43. The number of nitrogens with zero attached hydrogens (tertiary/aromatic N) is 5. The van der Waals surface area contributed by atoms with Crippen LogP contribution in [0.3, 0.4) is 0 Å². The predicted molar refractivity (Wildman–Crippen MR) is 153 cm³/mol. The summed E-state index contributed by atoms with van der Waals surface area (Å²) in [5.74, 6) is 1.72. The van der Waals surface area contributed by atoms with Gasteiger partial charge < -0.3 is 20.6 Å². The van der Waals surface area contributed by atoms with Crippen molar-refractivity contribution in [3.05, 3.63) is 84.2 Å². The first-order valence-corrected chi connectivity index (χ1v) is 13.2. The van der Waals surface area contributed by atoms with Crippen molar-refractivity contribution in [1.82, 2.24) is 29.7 Å². The lowest BCUT2D eigenvalue weighted by molar-refractivity contribution is 0.103. The van der Waals surface area contributed by atoms with Crippen LogP contribution in [0.5, 0.6) is 0 Å². The van der Waals surface area contributed by atoms with Gasteiger partial charge in [-0.1, -0.05) is 0 Å². The molecular weight excluding hydrogens is 488 g/mol.